The minimum absolute atomic E-state index is 0.000247. The molecule has 1 saturated carbocycles. The molecule has 1 aliphatic rings. The summed E-state index contributed by atoms with van der Waals surface area (Å²) < 4.78 is 34.2. The number of methoxy groups -OCH3 is 1. The third kappa shape index (κ3) is 7.56. The fourth-order valence-electron chi connectivity index (χ4n) is 4.92. The predicted molar refractivity (Wildman–Crippen MR) is 166 cm³/mol. The van der Waals surface area contributed by atoms with E-state index in [-0.39, 0.29) is 23.4 Å². The van der Waals surface area contributed by atoms with Crippen LogP contribution in [0.1, 0.15) is 43.7 Å². The van der Waals surface area contributed by atoms with Crippen LogP contribution < -0.4 is 14.4 Å². The number of amides is 2. The van der Waals surface area contributed by atoms with Gasteiger partial charge in [-0.2, -0.15) is 0 Å². The maximum absolute atomic E-state index is 14.1. The first-order valence-electron chi connectivity index (χ1n) is 13.8. The van der Waals surface area contributed by atoms with Gasteiger partial charge in [0.2, 0.25) is 11.8 Å². The number of aryl methyl sites for hydroxylation is 1. The van der Waals surface area contributed by atoms with Crippen LogP contribution in [0.4, 0.5) is 5.69 Å². The molecule has 0 spiro atoms. The summed E-state index contributed by atoms with van der Waals surface area (Å²) >= 11 is 12.4. The number of hydrogen-bond acceptors (Lipinski definition) is 5. The van der Waals surface area contributed by atoms with E-state index in [4.69, 9.17) is 27.9 Å². The largest absolute Gasteiger partial charge is 0.497 e. The molecule has 1 aliphatic carbocycles. The Morgan fingerprint density at radius 2 is 1.62 bits per heavy atom. The number of rotatable bonds is 11. The normalized spacial score (nSPS) is 14.3. The van der Waals surface area contributed by atoms with Crippen molar-refractivity contribution in [2.45, 2.75) is 63.1 Å². The molecule has 2 amide bonds. The van der Waals surface area contributed by atoms with Crippen molar-refractivity contribution < 1.29 is 22.7 Å². The Kier molecular flexibility index (Phi) is 10.4. The van der Waals surface area contributed by atoms with Gasteiger partial charge in [0.05, 0.1) is 27.7 Å². The van der Waals surface area contributed by atoms with Gasteiger partial charge in [-0.15, -0.1) is 0 Å². The van der Waals surface area contributed by atoms with Gasteiger partial charge in [0, 0.05) is 12.6 Å². The molecule has 11 heteroatoms. The third-order valence-corrected chi connectivity index (χ3v) is 9.98. The van der Waals surface area contributed by atoms with Crippen molar-refractivity contribution in [2.75, 3.05) is 18.0 Å². The molecule has 42 heavy (non-hydrogen) atoms. The zero-order valence-corrected chi connectivity index (χ0v) is 26.2. The molecule has 224 valence electrons. The van der Waals surface area contributed by atoms with E-state index < -0.39 is 28.5 Å². The van der Waals surface area contributed by atoms with Crippen LogP contribution in [0.5, 0.6) is 5.75 Å². The van der Waals surface area contributed by atoms with E-state index in [0.29, 0.717) is 27.0 Å². The Balaban J connectivity index is 1.69. The molecule has 0 heterocycles. The number of nitrogens with one attached hydrogen (secondary N) is 1. The topological polar surface area (TPSA) is 96.0 Å². The van der Waals surface area contributed by atoms with E-state index in [2.05, 4.69) is 5.32 Å². The van der Waals surface area contributed by atoms with Crippen molar-refractivity contribution in [2.24, 2.45) is 0 Å². The number of carbonyl (C=O) groups is 2. The zero-order chi connectivity index (χ0) is 30.4. The van der Waals surface area contributed by atoms with E-state index in [1.54, 1.807) is 61.5 Å². The first-order chi connectivity index (χ1) is 20.0. The SMILES string of the molecule is COc1ccc(S(=O)(=O)N(CC(=O)N(Cc2ccc(Cl)c(Cl)c2)[C@H](C)C(=O)NC2CCCC2)c2ccc(C)cc2)cc1. The average molecular weight is 633 g/mol. The maximum Gasteiger partial charge on any atom is 0.264 e. The van der Waals surface area contributed by atoms with Crippen LogP contribution >= 0.6 is 23.2 Å². The van der Waals surface area contributed by atoms with Crippen molar-refractivity contribution in [3.63, 3.8) is 0 Å². The lowest BCUT2D eigenvalue weighted by Crippen LogP contribution is -2.52. The summed E-state index contributed by atoms with van der Waals surface area (Å²) in [7, 11) is -2.69. The van der Waals surface area contributed by atoms with E-state index in [9.17, 15) is 18.0 Å². The van der Waals surface area contributed by atoms with Crippen LogP contribution in [-0.4, -0.2) is 50.9 Å². The van der Waals surface area contributed by atoms with Crippen LogP contribution in [-0.2, 0) is 26.2 Å². The second-order valence-electron chi connectivity index (χ2n) is 10.5. The van der Waals surface area contributed by atoms with E-state index in [1.165, 1.54) is 24.1 Å². The highest BCUT2D eigenvalue weighted by atomic mass is 35.5. The van der Waals surface area contributed by atoms with Gasteiger partial charge in [0.15, 0.2) is 0 Å². The van der Waals surface area contributed by atoms with Crippen LogP contribution in [0.3, 0.4) is 0 Å². The highest BCUT2D eigenvalue weighted by molar-refractivity contribution is 7.92. The highest BCUT2D eigenvalue weighted by Gasteiger charge is 2.33. The molecule has 0 unspecified atom stereocenters. The highest BCUT2D eigenvalue weighted by Crippen LogP contribution is 2.28. The average Bonchev–Trinajstić information content (AvgIpc) is 3.49. The molecule has 0 bridgehead atoms. The number of hydrogen-bond donors (Lipinski definition) is 1. The molecule has 0 aromatic heterocycles. The standard InChI is InChI=1S/C31H35Cl2N3O5S/c1-21-8-11-25(12-9-21)36(42(39,40)27-15-13-26(41-3)14-16-27)20-30(37)35(19-23-10-17-28(32)29(33)18-23)22(2)31(38)34-24-6-4-5-7-24/h8-18,22,24H,4-7,19-20H2,1-3H3,(H,34,38)/t22-/m1/s1. The second kappa shape index (κ2) is 13.8. The summed E-state index contributed by atoms with van der Waals surface area (Å²) in [4.78, 5) is 28.8. The molecule has 0 saturated heterocycles. The smallest absolute Gasteiger partial charge is 0.264 e. The lowest BCUT2D eigenvalue weighted by molar-refractivity contribution is -0.139. The Hall–Kier alpha value is -3.27. The number of sulfonamides is 1. The molecular formula is C31H35Cl2N3O5S. The summed E-state index contributed by atoms with van der Waals surface area (Å²) in [5.74, 6) is -0.343. The van der Waals surface area contributed by atoms with Gasteiger partial charge >= 0.3 is 0 Å². The van der Waals surface area contributed by atoms with Gasteiger partial charge in [-0.3, -0.25) is 13.9 Å². The van der Waals surface area contributed by atoms with Crippen molar-refractivity contribution in [3.05, 3.63) is 87.9 Å². The molecule has 1 atom stereocenters. The number of ether oxygens (including phenoxy) is 1. The lowest BCUT2D eigenvalue weighted by Gasteiger charge is -2.32. The fourth-order valence-corrected chi connectivity index (χ4v) is 6.66. The molecular weight excluding hydrogens is 597 g/mol. The summed E-state index contributed by atoms with van der Waals surface area (Å²) in [6, 6.07) is 17.0. The van der Waals surface area contributed by atoms with Crippen molar-refractivity contribution >= 4 is 50.7 Å². The van der Waals surface area contributed by atoms with Gasteiger partial charge in [-0.05, 0) is 80.8 Å². The minimum Gasteiger partial charge on any atom is -0.497 e. The first kappa shape index (κ1) is 31.7. The second-order valence-corrected chi connectivity index (χ2v) is 13.1. The number of benzene rings is 3. The predicted octanol–water partition coefficient (Wildman–Crippen LogP) is 5.98. The van der Waals surface area contributed by atoms with E-state index in [0.717, 1.165) is 35.6 Å². The number of halogens is 2. The summed E-state index contributed by atoms with van der Waals surface area (Å²) in [6.07, 6.45) is 3.86. The Labute approximate surface area is 257 Å². The summed E-state index contributed by atoms with van der Waals surface area (Å²) in [6.45, 7) is 3.04. The first-order valence-corrected chi connectivity index (χ1v) is 16.0. The lowest BCUT2D eigenvalue weighted by atomic mass is 10.1. The molecule has 4 rings (SSSR count). The number of anilines is 1. The van der Waals surface area contributed by atoms with Crippen LogP contribution in [0.15, 0.2) is 71.6 Å². The molecule has 1 fully saturated rings. The van der Waals surface area contributed by atoms with Crippen LogP contribution in [0.2, 0.25) is 10.0 Å². The van der Waals surface area contributed by atoms with Gasteiger partial charge < -0.3 is 15.0 Å². The summed E-state index contributed by atoms with van der Waals surface area (Å²) in [5, 5.41) is 3.73. The number of carbonyl (C=O) groups excluding carboxylic acids is 2. The van der Waals surface area contributed by atoms with Gasteiger partial charge in [-0.25, -0.2) is 8.42 Å². The minimum atomic E-state index is -4.18. The van der Waals surface area contributed by atoms with Crippen molar-refractivity contribution in [3.8, 4) is 5.75 Å². The maximum atomic E-state index is 14.1. The quantitative estimate of drug-likeness (QED) is 0.281. The van der Waals surface area contributed by atoms with Gasteiger partial charge in [0.1, 0.15) is 18.3 Å². The van der Waals surface area contributed by atoms with Crippen LogP contribution in [0.25, 0.3) is 0 Å². The Bertz CT molecular complexity index is 1510. The fraction of sp³-hybridized carbons (Fsp3) is 0.355. The molecule has 3 aromatic carbocycles. The Morgan fingerprint density at radius 3 is 2.21 bits per heavy atom. The van der Waals surface area contributed by atoms with Gasteiger partial charge in [0.25, 0.3) is 10.0 Å². The van der Waals surface area contributed by atoms with Gasteiger partial charge in [-0.1, -0.05) is 59.8 Å². The van der Waals surface area contributed by atoms with Crippen molar-refractivity contribution in [1.29, 1.82) is 0 Å². The zero-order valence-electron chi connectivity index (χ0n) is 23.8. The monoisotopic (exact) mass is 631 g/mol. The Morgan fingerprint density at radius 1 is 0.976 bits per heavy atom. The summed E-state index contributed by atoms with van der Waals surface area (Å²) in [5.41, 5.74) is 1.91. The number of nitrogens with zero attached hydrogens (tertiary/aromatic N) is 2. The van der Waals surface area contributed by atoms with E-state index in [1.807, 2.05) is 6.92 Å². The van der Waals surface area contributed by atoms with Crippen molar-refractivity contribution in [1.82, 2.24) is 10.2 Å². The van der Waals surface area contributed by atoms with Crippen LogP contribution in [0, 0.1) is 6.92 Å². The molecule has 3 aromatic rings. The molecule has 0 radical (unpaired) electrons. The molecule has 0 aliphatic heterocycles. The molecule has 1 N–H and O–H groups in total. The molecule has 8 nitrogen and oxygen atoms in total. The third-order valence-electron chi connectivity index (χ3n) is 7.45. The van der Waals surface area contributed by atoms with E-state index >= 15 is 0 Å².